The van der Waals surface area contributed by atoms with Gasteiger partial charge in [-0.3, -0.25) is 4.79 Å². The molecule has 0 spiro atoms. The van der Waals surface area contributed by atoms with E-state index in [9.17, 15) is 4.79 Å². The minimum absolute atomic E-state index is 0.0762. The molecule has 0 amide bonds. The van der Waals surface area contributed by atoms with Crippen molar-refractivity contribution >= 4 is 17.6 Å². The van der Waals surface area contributed by atoms with Crippen LogP contribution in [0, 0.1) is 13.8 Å². The lowest BCUT2D eigenvalue weighted by Crippen LogP contribution is -2.02. The Morgan fingerprint density at radius 3 is 2.62 bits per heavy atom. The number of benzene rings is 1. The first-order valence-corrected chi connectivity index (χ1v) is 5.39. The predicted octanol–water partition coefficient (Wildman–Crippen LogP) is 2.98. The van der Waals surface area contributed by atoms with Gasteiger partial charge in [0.2, 0.25) is 0 Å². The van der Waals surface area contributed by atoms with Crippen molar-refractivity contribution in [2.24, 2.45) is 0 Å². The smallest absolute Gasteiger partial charge is 0.303 e. The molecule has 1 rings (SSSR count). The Balaban J connectivity index is 3.12. The van der Waals surface area contributed by atoms with E-state index >= 15 is 0 Å². The van der Waals surface area contributed by atoms with E-state index in [1.165, 1.54) is 0 Å². The van der Waals surface area contributed by atoms with Gasteiger partial charge in [-0.25, -0.2) is 0 Å². The van der Waals surface area contributed by atoms with Crippen molar-refractivity contribution in [1.29, 1.82) is 0 Å². The molecule has 1 N–H and O–H groups in total. The highest BCUT2D eigenvalue weighted by Gasteiger charge is 2.13. The highest BCUT2D eigenvalue weighted by atomic mass is 35.5. The maximum absolute atomic E-state index is 10.5. The summed E-state index contributed by atoms with van der Waals surface area (Å²) in [6.45, 7) is 3.81. The maximum Gasteiger partial charge on any atom is 0.303 e. The summed E-state index contributed by atoms with van der Waals surface area (Å²) in [6, 6.07) is 1.81. The molecule has 0 saturated carbocycles. The lowest BCUT2D eigenvalue weighted by atomic mass is 10.00. The first-order valence-electron chi connectivity index (χ1n) is 5.01. The summed E-state index contributed by atoms with van der Waals surface area (Å²) in [5, 5.41) is 9.27. The van der Waals surface area contributed by atoms with Crippen molar-refractivity contribution in [2.75, 3.05) is 7.11 Å². The van der Waals surface area contributed by atoms with Crippen molar-refractivity contribution in [3.8, 4) is 5.75 Å². The quantitative estimate of drug-likeness (QED) is 0.883. The third-order valence-electron chi connectivity index (χ3n) is 2.58. The molecular formula is C12H15ClO3. The van der Waals surface area contributed by atoms with Crippen molar-refractivity contribution in [1.82, 2.24) is 0 Å². The third kappa shape index (κ3) is 2.67. The van der Waals surface area contributed by atoms with E-state index in [1.807, 2.05) is 19.9 Å². The number of hydrogen-bond donors (Lipinski definition) is 1. The first-order chi connectivity index (χ1) is 7.47. The van der Waals surface area contributed by atoms with Crippen LogP contribution in [0.15, 0.2) is 6.07 Å². The Hall–Kier alpha value is -1.22. The van der Waals surface area contributed by atoms with Crippen LogP contribution in [0.1, 0.15) is 23.1 Å². The second-order valence-corrected chi connectivity index (χ2v) is 4.11. The molecule has 0 aliphatic heterocycles. The van der Waals surface area contributed by atoms with Gasteiger partial charge in [0.15, 0.2) is 0 Å². The number of methoxy groups -OCH3 is 1. The fourth-order valence-corrected chi connectivity index (χ4v) is 2.21. The monoisotopic (exact) mass is 242 g/mol. The van der Waals surface area contributed by atoms with E-state index in [1.54, 1.807) is 7.11 Å². The highest BCUT2D eigenvalue weighted by molar-refractivity contribution is 6.31. The normalized spacial score (nSPS) is 10.2. The number of rotatable bonds is 4. The summed E-state index contributed by atoms with van der Waals surface area (Å²) in [5.41, 5.74) is 2.74. The fourth-order valence-electron chi connectivity index (χ4n) is 1.81. The van der Waals surface area contributed by atoms with Gasteiger partial charge < -0.3 is 9.84 Å². The van der Waals surface area contributed by atoms with Crippen LogP contribution < -0.4 is 4.74 Å². The standard InChI is InChI=1S/C12H15ClO3/c1-7-6-10(13)9(4-5-11(14)15)8(2)12(7)16-3/h6H,4-5H2,1-3H3,(H,14,15). The number of carboxylic acids is 1. The minimum Gasteiger partial charge on any atom is -0.496 e. The summed E-state index contributed by atoms with van der Waals surface area (Å²) in [5.74, 6) is -0.0419. The van der Waals surface area contributed by atoms with Gasteiger partial charge in [-0.2, -0.15) is 0 Å². The Bertz CT molecular complexity index is 413. The van der Waals surface area contributed by atoms with Crippen LogP contribution in [0.3, 0.4) is 0 Å². The number of ether oxygens (including phenoxy) is 1. The SMILES string of the molecule is COc1c(C)cc(Cl)c(CCC(=O)O)c1C. The molecule has 1 aromatic carbocycles. The van der Waals surface area contributed by atoms with Gasteiger partial charge in [-0.05, 0) is 43.0 Å². The van der Waals surface area contributed by atoms with Crippen LogP contribution in [0.5, 0.6) is 5.75 Å². The maximum atomic E-state index is 10.5. The molecule has 0 aromatic heterocycles. The predicted molar refractivity (Wildman–Crippen MR) is 63.4 cm³/mol. The zero-order valence-corrected chi connectivity index (χ0v) is 10.4. The molecule has 4 heteroatoms. The van der Waals surface area contributed by atoms with Gasteiger partial charge >= 0.3 is 5.97 Å². The molecule has 0 fully saturated rings. The second kappa shape index (κ2) is 5.21. The molecule has 1 aromatic rings. The molecule has 88 valence electrons. The van der Waals surface area contributed by atoms with E-state index in [0.717, 1.165) is 22.4 Å². The molecule has 0 unspecified atom stereocenters. The summed E-state index contributed by atoms with van der Waals surface area (Å²) in [7, 11) is 1.60. The summed E-state index contributed by atoms with van der Waals surface area (Å²) < 4.78 is 5.27. The molecule has 0 heterocycles. The van der Waals surface area contributed by atoms with Gasteiger partial charge in [-0.15, -0.1) is 0 Å². The molecule has 0 radical (unpaired) electrons. The molecule has 0 aliphatic rings. The molecular weight excluding hydrogens is 228 g/mol. The van der Waals surface area contributed by atoms with Crippen LogP contribution in [-0.2, 0) is 11.2 Å². The molecule has 16 heavy (non-hydrogen) atoms. The summed E-state index contributed by atoms with van der Waals surface area (Å²) >= 11 is 6.10. The number of aryl methyl sites for hydroxylation is 1. The molecule has 3 nitrogen and oxygen atoms in total. The average Bonchev–Trinajstić information content (AvgIpc) is 2.16. The van der Waals surface area contributed by atoms with Crippen LogP contribution in [-0.4, -0.2) is 18.2 Å². The van der Waals surface area contributed by atoms with Crippen molar-refractivity contribution in [2.45, 2.75) is 26.7 Å². The Labute approximate surface area is 100.0 Å². The van der Waals surface area contributed by atoms with Crippen LogP contribution in [0.4, 0.5) is 0 Å². The van der Waals surface area contributed by atoms with Crippen molar-refractivity contribution < 1.29 is 14.6 Å². The van der Waals surface area contributed by atoms with E-state index in [0.29, 0.717) is 11.4 Å². The van der Waals surface area contributed by atoms with Crippen molar-refractivity contribution in [3.05, 3.63) is 27.8 Å². The van der Waals surface area contributed by atoms with E-state index in [2.05, 4.69) is 0 Å². The zero-order valence-electron chi connectivity index (χ0n) is 9.63. The number of halogens is 1. The number of aliphatic carboxylic acids is 1. The van der Waals surface area contributed by atoms with E-state index < -0.39 is 5.97 Å². The van der Waals surface area contributed by atoms with Crippen molar-refractivity contribution in [3.63, 3.8) is 0 Å². The van der Waals surface area contributed by atoms with Crippen LogP contribution in [0.25, 0.3) is 0 Å². The Morgan fingerprint density at radius 2 is 2.12 bits per heavy atom. The largest absolute Gasteiger partial charge is 0.496 e. The lowest BCUT2D eigenvalue weighted by Gasteiger charge is -2.14. The highest BCUT2D eigenvalue weighted by Crippen LogP contribution is 2.32. The number of carbonyl (C=O) groups is 1. The van der Waals surface area contributed by atoms with E-state index in [-0.39, 0.29) is 6.42 Å². The zero-order chi connectivity index (χ0) is 12.3. The van der Waals surface area contributed by atoms with Gasteiger partial charge in [0.1, 0.15) is 5.75 Å². The fraction of sp³-hybridized carbons (Fsp3) is 0.417. The molecule has 0 aliphatic carbocycles. The van der Waals surface area contributed by atoms with Gasteiger partial charge in [0, 0.05) is 11.4 Å². The van der Waals surface area contributed by atoms with Gasteiger partial charge in [-0.1, -0.05) is 11.6 Å². The van der Waals surface area contributed by atoms with Crippen LogP contribution in [0.2, 0.25) is 5.02 Å². The lowest BCUT2D eigenvalue weighted by molar-refractivity contribution is -0.136. The second-order valence-electron chi connectivity index (χ2n) is 3.71. The van der Waals surface area contributed by atoms with Gasteiger partial charge in [0.05, 0.1) is 7.11 Å². The third-order valence-corrected chi connectivity index (χ3v) is 2.91. The Kier molecular flexibility index (Phi) is 4.19. The molecule has 0 atom stereocenters. The topological polar surface area (TPSA) is 46.5 Å². The minimum atomic E-state index is -0.824. The summed E-state index contributed by atoms with van der Waals surface area (Å²) in [6.07, 6.45) is 0.503. The Morgan fingerprint density at radius 1 is 1.50 bits per heavy atom. The molecule has 0 saturated heterocycles. The summed E-state index contributed by atoms with van der Waals surface area (Å²) in [4.78, 5) is 10.5. The number of hydrogen-bond acceptors (Lipinski definition) is 2. The number of carboxylic acid groups (broad SMARTS) is 1. The van der Waals surface area contributed by atoms with E-state index in [4.69, 9.17) is 21.4 Å². The first kappa shape index (κ1) is 12.8. The van der Waals surface area contributed by atoms with Crippen LogP contribution >= 0.6 is 11.6 Å². The van der Waals surface area contributed by atoms with Gasteiger partial charge in [0.25, 0.3) is 0 Å². The average molecular weight is 243 g/mol. The molecule has 0 bridgehead atoms.